The van der Waals surface area contributed by atoms with Gasteiger partial charge in [0.1, 0.15) is 5.69 Å². The lowest BCUT2D eigenvalue weighted by molar-refractivity contribution is 0.0607. The second kappa shape index (κ2) is 5.41. The number of carbonyl (C=O) groups excluding carboxylic acids is 1. The van der Waals surface area contributed by atoms with Crippen LogP contribution in [0.5, 0.6) is 0 Å². The van der Waals surface area contributed by atoms with Gasteiger partial charge in [-0.25, -0.2) is 0 Å². The van der Waals surface area contributed by atoms with Crippen LogP contribution in [0.15, 0.2) is 12.3 Å². The molecule has 2 rings (SSSR count). The monoisotopic (exact) mass is 253 g/mol. The maximum absolute atomic E-state index is 12.0. The number of nitrogen functional groups attached to an aromatic ring is 1. The Hall–Kier alpha value is -1.53. The lowest BCUT2D eigenvalue weighted by Gasteiger charge is -2.12. The van der Waals surface area contributed by atoms with Crippen LogP contribution in [0.4, 0.5) is 5.69 Å². The zero-order valence-electron chi connectivity index (χ0n) is 10.4. The van der Waals surface area contributed by atoms with E-state index >= 15 is 0 Å². The normalized spacial score (nSPS) is 16.6. The quantitative estimate of drug-likeness (QED) is 0.673. The SMILES string of the molecule is COCC(O)CNC(=O)c1cc(N)cn1C1CC1. The Morgan fingerprint density at radius 1 is 1.72 bits per heavy atom. The number of aliphatic hydroxyl groups excluding tert-OH is 1. The standard InChI is InChI=1S/C12H19N3O3/c1-18-7-10(16)5-14-12(17)11-4-8(13)6-15(11)9-2-3-9/h4,6,9-10,16H,2-3,5,7,13H2,1H3,(H,14,17). The Balaban J connectivity index is 1.96. The summed E-state index contributed by atoms with van der Waals surface area (Å²) in [4.78, 5) is 12.0. The molecule has 1 aromatic heterocycles. The number of aromatic nitrogens is 1. The van der Waals surface area contributed by atoms with Gasteiger partial charge in [-0.15, -0.1) is 0 Å². The smallest absolute Gasteiger partial charge is 0.268 e. The average Bonchev–Trinajstić information content (AvgIpc) is 3.10. The van der Waals surface area contributed by atoms with Crippen LogP contribution in [0.2, 0.25) is 0 Å². The van der Waals surface area contributed by atoms with Crippen LogP contribution in [0.25, 0.3) is 0 Å². The largest absolute Gasteiger partial charge is 0.397 e. The summed E-state index contributed by atoms with van der Waals surface area (Å²) in [7, 11) is 1.50. The van der Waals surface area contributed by atoms with E-state index in [2.05, 4.69) is 5.32 Å². The van der Waals surface area contributed by atoms with E-state index in [1.165, 1.54) is 7.11 Å². The molecule has 1 heterocycles. The summed E-state index contributed by atoms with van der Waals surface area (Å²) in [5.74, 6) is -0.214. The number of aliphatic hydroxyl groups is 1. The number of nitrogens with one attached hydrogen (secondary N) is 1. The van der Waals surface area contributed by atoms with Gasteiger partial charge in [-0.05, 0) is 18.9 Å². The van der Waals surface area contributed by atoms with E-state index in [4.69, 9.17) is 10.5 Å². The number of ether oxygens (including phenoxy) is 1. The van der Waals surface area contributed by atoms with Gasteiger partial charge in [0.05, 0.1) is 18.4 Å². The fourth-order valence-corrected chi connectivity index (χ4v) is 1.89. The van der Waals surface area contributed by atoms with Crippen LogP contribution in [-0.4, -0.2) is 41.9 Å². The van der Waals surface area contributed by atoms with Crippen molar-refractivity contribution in [3.05, 3.63) is 18.0 Å². The molecule has 0 spiro atoms. The number of nitrogens with zero attached hydrogens (tertiary/aromatic N) is 1. The van der Waals surface area contributed by atoms with Crippen LogP contribution in [0, 0.1) is 0 Å². The number of hydrogen-bond acceptors (Lipinski definition) is 4. The van der Waals surface area contributed by atoms with E-state index in [-0.39, 0.29) is 19.1 Å². The van der Waals surface area contributed by atoms with Crippen molar-refractivity contribution in [1.82, 2.24) is 9.88 Å². The van der Waals surface area contributed by atoms with Gasteiger partial charge in [0, 0.05) is 25.9 Å². The van der Waals surface area contributed by atoms with Crippen molar-refractivity contribution in [2.45, 2.75) is 25.0 Å². The molecule has 1 aliphatic rings. The van der Waals surface area contributed by atoms with Gasteiger partial charge in [-0.2, -0.15) is 0 Å². The molecule has 1 saturated carbocycles. The summed E-state index contributed by atoms with van der Waals surface area (Å²) in [5.41, 5.74) is 6.86. The first kappa shape index (κ1) is 12.9. The van der Waals surface area contributed by atoms with E-state index in [0.717, 1.165) is 12.8 Å². The second-order valence-electron chi connectivity index (χ2n) is 4.62. The number of carbonyl (C=O) groups is 1. The molecule has 4 N–H and O–H groups in total. The summed E-state index contributed by atoms with van der Waals surface area (Å²) in [6.45, 7) is 0.370. The van der Waals surface area contributed by atoms with Crippen LogP contribution >= 0.6 is 0 Å². The number of methoxy groups -OCH3 is 1. The highest BCUT2D eigenvalue weighted by atomic mass is 16.5. The number of nitrogens with two attached hydrogens (primary N) is 1. The summed E-state index contributed by atoms with van der Waals surface area (Å²) in [6.07, 6.45) is 3.26. The highest BCUT2D eigenvalue weighted by Gasteiger charge is 2.27. The molecule has 0 radical (unpaired) electrons. The number of anilines is 1. The molecule has 0 bridgehead atoms. The van der Waals surface area contributed by atoms with Crippen LogP contribution in [-0.2, 0) is 4.74 Å². The Morgan fingerprint density at radius 3 is 3.06 bits per heavy atom. The number of amides is 1. The molecule has 1 aliphatic carbocycles. The summed E-state index contributed by atoms with van der Waals surface area (Å²) in [5, 5.41) is 12.1. The minimum Gasteiger partial charge on any atom is -0.397 e. The predicted molar refractivity (Wildman–Crippen MR) is 67.3 cm³/mol. The molecule has 1 atom stereocenters. The zero-order chi connectivity index (χ0) is 13.1. The molecule has 18 heavy (non-hydrogen) atoms. The Labute approximate surface area is 106 Å². The molecule has 6 heteroatoms. The fourth-order valence-electron chi connectivity index (χ4n) is 1.89. The van der Waals surface area contributed by atoms with Gasteiger partial charge in [-0.3, -0.25) is 4.79 Å². The van der Waals surface area contributed by atoms with E-state index in [9.17, 15) is 9.90 Å². The molecule has 0 aliphatic heterocycles. The third-order valence-electron chi connectivity index (χ3n) is 2.90. The summed E-state index contributed by atoms with van der Waals surface area (Å²) in [6, 6.07) is 2.06. The van der Waals surface area contributed by atoms with Crippen molar-refractivity contribution in [3.8, 4) is 0 Å². The van der Waals surface area contributed by atoms with Crippen molar-refractivity contribution < 1.29 is 14.6 Å². The Kier molecular flexibility index (Phi) is 3.88. The highest BCUT2D eigenvalue weighted by molar-refractivity contribution is 5.93. The van der Waals surface area contributed by atoms with Gasteiger partial charge in [-0.1, -0.05) is 0 Å². The topological polar surface area (TPSA) is 89.5 Å². The first-order chi connectivity index (χ1) is 8.61. The van der Waals surface area contributed by atoms with Crippen molar-refractivity contribution in [2.24, 2.45) is 0 Å². The van der Waals surface area contributed by atoms with Crippen LogP contribution < -0.4 is 11.1 Å². The molecule has 0 saturated heterocycles. The van der Waals surface area contributed by atoms with Gasteiger partial charge >= 0.3 is 0 Å². The van der Waals surface area contributed by atoms with E-state index < -0.39 is 6.10 Å². The molecular formula is C12H19N3O3. The minimum absolute atomic E-state index is 0.169. The minimum atomic E-state index is -0.694. The van der Waals surface area contributed by atoms with Crippen molar-refractivity contribution in [1.29, 1.82) is 0 Å². The van der Waals surface area contributed by atoms with E-state index in [1.54, 1.807) is 12.3 Å². The van der Waals surface area contributed by atoms with Crippen molar-refractivity contribution in [3.63, 3.8) is 0 Å². The zero-order valence-corrected chi connectivity index (χ0v) is 10.4. The maximum Gasteiger partial charge on any atom is 0.268 e. The third kappa shape index (κ3) is 3.02. The molecule has 100 valence electrons. The Bertz CT molecular complexity index is 426. The lowest BCUT2D eigenvalue weighted by atomic mass is 10.3. The second-order valence-corrected chi connectivity index (χ2v) is 4.62. The predicted octanol–water partition coefficient (Wildman–Crippen LogP) is 0.142. The Morgan fingerprint density at radius 2 is 2.44 bits per heavy atom. The van der Waals surface area contributed by atoms with Gasteiger partial charge in [0.2, 0.25) is 0 Å². The highest BCUT2D eigenvalue weighted by Crippen LogP contribution is 2.37. The maximum atomic E-state index is 12.0. The van der Waals surface area contributed by atoms with Crippen molar-refractivity contribution in [2.75, 3.05) is 26.0 Å². The fraction of sp³-hybridized carbons (Fsp3) is 0.583. The first-order valence-electron chi connectivity index (χ1n) is 6.04. The van der Waals surface area contributed by atoms with E-state index in [0.29, 0.717) is 17.4 Å². The molecular weight excluding hydrogens is 234 g/mol. The average molecular weight is 253 g/mol. The van der Waals surface area contributed by atoms with E-state index in [1.807, 2.05) is 4.57 Å². The summed E-state index contributed by atoms with van der Waals surface area (Å²) >= 11 is 0. The van der Waals surface area contributed by atoms with Gasteiger partial charge in [0.15, 0.2) is 0 Å². The van der Waals surface area contributed by atoms with Crippen LogP contribution in [0.3, 0.4) is 0 Å². The lowest BCUT2D eigenvalue weighted by Crippen LogP contribution is -2.35. The molecule has 1 amide bonds. The molecule has 1 aromatic rings. The molecule has 0 aromatic carbocycles. The van der Waals surface area contributed by atoms with Gasteiger partial charge in [0.25, 0.3) is 5.91 Å². The molecule has 1 unspecified atom stereocenters. The summed E-state index contributed by atoms with van der Waals surface area (Å²) < 4.78 is 6.70. The van der Waals surface area contributed by atoms with Crippen LogP contribution in [0.1, 0.15) is 29.4 Å². The molecule has 1 fully saturated rings. The van der Waals surface area contributed by atoms with Gasteiger partial charge < -0.3 is 25.5 Å². The molecule has 6 nitrogen and oxygen atoms in total. The third-order valence-corrected chi connectivity index (χ3v) is 2.90. The van der Waals surface area contributed by atoms with Crippen molar-refractivity contribution >= 4 is 11.6 Å². The number of rotatable bonds is 6. The first-order valence-corrected chi connectivity index (χ1v) is 6.04. The number of hydrogen-bond donors (Lipinski definition) is 3.